The number of ether oxygens (including phenoxy) is 1. The monoisotopic (exact) mass is 478 g/mol. The van der Waals surface area contributed by atoms with Gasteiger partial charge in [0.25, 0.3) is 0 Å². The molecule has 0 saturated heterocycles. The summed E-state index contributed by atoms with van der Waals surface area (Å²) in [6, 6.07) is -0.457. The van der Waals surface area contributed by atoms with Crippen molar-refractivity contribution in [2.45, 2.75) is 78.9 Å². The minimum atomic E-state index is -0.787. The van der Waals surface area contributed by atoms with Crippen LogP contribution in [0.4, 0.5) is 4.79 Å². The standard InChI is InChI=1S/C16H30N2O4.C2H6.Cs/c1-12(14(19)20)18(11-13-7-5-6-8-13)10-9-17-15(21)22-16(2,3)4;1-2;/h12-13H,5-11H2,1-4H3,(H,17,21)(H,19,20);1-2H3;/q;;+1/p+1. The molecule has 0 aromatic heterocycles. The van der Waals surface area contributed by atoms with Crippen LogP contribution in [-0.2, 0) is 9.53 Å². The number of carbonyl (C=O) groups is 2. The fourth-order valence-electron chi connectivity index (χ4n) is 2.89. The summed E-state index contributed by atoms with van der Waals surface area (Å²) in [4.78, 5) is 23.9. The number of rotatable bonds is 7. The third-order valence-electron chi connectivity index (χ3n) is 4.12. The van der Waals surface area contributed by atoms with E-state index in [0.717, 1.165) is 11.4 Å². The molecule has 7 heteroatoms. The van der Waals surface area contributed by atoms with Crippen LogP contribution in [0.2, 0.25) is 0 Å². The number of hydrogen-bond donors (Lipinski definition) is 3. The van der Waals surface area contributed by atoms with Gasteiger partial charge in [-0.15, -0.1) is 0 Å². The van der Waals surface area contributed by atoms with Crippen molar-refractivity contribution in [3.8, 4) is 0 Å². The average molecular weight is 478 g/mol. The molecule has 1 fully saturated rings. The van der Waals surface area contributed by atoms with Gasteiger partial charge in [0.2, 0.25) is 0 Å². The Kier molecular flexibility index (Phi) is 16.5. The molecule has 1 rings (SSSR count). The molecule has 1 aliphatic carbocycles. The second-order valence-electron chi connectivity index (χ2n) is 7.25. The van der Waals surface area contributed by atoms with Crippen molar-refractivity contribution in [2.24, 2.45) is 5.92 Å². The fraction of sp³-hybridized carbons (Fsp3) is 0.889. The molecular formula is C18H37CsN2O4+2. The van der Waals surface area contributed by atoms with Gasteiger partial charge in [-0.05, 0) is 40.5 Å². The van der Waals surface area contributed by atoms with Crippen LogP contribution in [-0.4, -0.2) is 48.4 Å². The van der Waals surface area contributed by atoms with Crippen LogP contribution in [0, 0.1) is 5.92 Å². The Morgan fingerprint density at radius 3 is 2.20 bits per heavy atom. The van der Waals surface area contributed by atoms with Crippen molar-refractivity contribution in [2.75, 3.05) is 19.6 Å². The number of carboxylic acid groups (broad SMARTS) is 1. The fourth-order valence-corrected chi connectivity index (χ4v) is 2.89. The summed E-state index contributed by atoms with van der Waals surface area (Å²) in [6.45, 7) is 13.1. The van der Waals surface area contributed by atoms with Gasteiger partial charge in [-0.25, -0.2) is 9.59 Å². The van der Waals surface area contributed by atoms with E-state index in [1.807, 2.05) is 34.6 Å². The normalized spacial score (nSPS) is 16.7. The first-order valence-electron chi connectivity index (χ1n) is 9.23. The van der Waals surface area contributed by atoms with Gasteiger partial charge in [-0.3, -0.25) is 0 Å². The molecule has 3 N–H and O–H groups in total. The number of nitrogens with one attached hydrogen (secondary N) is 2. The van der Waals surface area contributed by atoms with E-state index in [1.54, 1.807) is 6.92 Å². The topological polar surface area (TPSA) is 80.1 Å². The third kappa shape index (κ3) is 13.5. The number of aliphatic carboxylic acids is 1. The van der Waals surface area contributed by atoms with E-state index in [-0.39, 0.29) is 68.9 Å². The zero-order valence-corrected chi connectivity index (χ0v) is 23.6. The van der Waals surface area contributed by atoms with Crippen LogP contribution in [0.5, 0.6) is 0 Å². The number of carboxylic acids is 1. The third-order valence-corrected chi connectivity index (χ3v) is 4.12. The summed E-state index contributed by atoms with van der Waals surface area (Å²) in [5, 5.41) is 12.0. The summed E-state index contributed by atoms with van der Waals surface area (Å²) in [5.74, 6) is -0.177. The molecule has 0 aliphatic heterocycles. The van der Waals surface area contributed by atoms with E-state index in [0.29, 0.717) is 19.0 Å². The van der Waals surface area contributed by atoms with Crippen LogP contribution < -0.4 is 79.1 Å². The maximum Gasteiger partial charge on any atom is 1.00 e. The molecule has 6 nitrogen and oxygen atoms in total. The van der Waals surface area contributed by atoms with E-state index >= 15 is 0 Å². The van der Waals surface area contributed by atoms with Gasteiger partial charge in [0.05, 0.1) is 19.6 Å². The summed E-state index contributed by atoms with van der Waals surface area (Å²) >= 11 is 0. The Hall–Kier alpha value is 0.752. The van der Waals surface area contributed by atoms with Crippen LogP contribution in [0.25, 0.3) is 0 Å². The maximum absolute atomic E-state index is 11.6. The molecule has 0 aromatic carbocycles. The number of alkyl carbamates (subject to hydrolysis) is 1. The first-order chi connectivity index (χ1) is 11.2. The Morgan fingerprint density at radius 1 is 1.24 bits per heavy atom. The number of hydrogen-bond acceptors (Lipinski definition) is 3. The van der Waals surface area contributed by atoms with Crippen LogP contribution in [0.1, 0.15) is 67.2 Å². The quantitative estimate of drug-likeness (QED) is 0.443. The molecule has 1 aliphatic rings. The Bertz CT molecular complexity index is 380. The van der Waals surface area contributed by atoms with Crippen molar-refractivity contribution in [3.63, 3.8) is 0 Å². The van der Waals surface area contributed by atoms with Gasteiger partial charge in [0, 0.05) is 5.92 Å². The molecule has 1 amide bonds. The first kappa shape index (κ1) is 28.0. The molecule has 0 spiro atoms. The smallest absolute Gasteiger partial charge is 0.477 e. The Labute approximate surface area is 212 Å². The maximum atomic E-state index is 11.6. The molecule has 142 valence electrons. The van der Waals surface area contributed by atoms with Crippen molar-refractivity contribution >= 4 is 12.1 Å². The predicted octanol–water partition coefficient (Wildman–Crippen LogP) is -0.910. The van der Waals surface area contributed by atoms with Gasteiger partial charge in [0.1, 0.15) is 5.60 Å². The molecule has 0 radical (unpaired) electrons. The van der Waals surface area contributed by atoms with E-state index in [9.17, 15) is 14.7 Å². The van der Waals surface area contributed by atoms with Crippen molar-refractivity contribution in [1.29, 1.82) is 0 Å². The Morgan fingerprint density at radius 2 is 1.76 bits per heavy atom. The molecule has 1 saturated carbocycles. The van der Waals surface area contributed by atoms with E-state index in [2.05, 4.69) is 5.32 Å². The predicted molar refractivity (Wildman–Crippen MR) is 95.3 cm³/mol. The second-order valence-corrected chi connectivity index (χ2v) is 7.25. The van der Waals surface area contributed by atoms with Crippen LogP contribution in [0.3, 0.4) is 0 Å². The van der Waals surface area contributed by atoms with Gasteiger partial charge in [0.15, 0.2) is 6.04 Å². The summed E-state index contributed by atoms with van der Waals surface area (Å²) in [5.41, 5.74) is -0.519. The molecule has 0 aromatic rings. The largest absolute Gasteiger partial charge is 1.00 e. The minimum Gasteiger partial charge on any atom is -0.477 e. The zero-order valence-electron chi connectivity index (χ0n) is 17.3. The van der Waals surface area contributed by atoms with Gasteiger partial charge >= 0.3 is 81.0 Å². The first-order valence-corrected chi connectivity index (χ1v) is 9.23. The molecule has 25 heavy (non-hydrogen) atoms. The summed E-state index contributed by atoms with van der Waals surface area (Å²) < 4.78 is 5.19. The number of carbonyl (C=O) groups excluding carboxylic acids is 1. The van der Waals surface area contributed by atoms with E-state index < -0.39 is 23.7 Å². The van der Waals surface area contributed by atoms with E-state index in [4.69, 9.17) is 4.74 Å². The average Bonchev–Trinajstić information content (AvgIpc) is 2.98. The van der Waals surface area contributed by atoms with Crippen molar-refractivity contribution < 1.29 is 93.2 Å². The number of quaternary nitrogens is 1. The molecular weight excluding hydrogens is 441 g/mol. The summed E-state index contributed by atoms with van der Waals surface area (Å²) in [7, 11) is 0. The zero-order chi connectivity index (χ0) is 18.8. The molecule has 2 unspecified atom stereocenters. The molecule has 0 bridgehead atoms. The van der Waals surface area contributed by atoms with Crippen molar-refractivity contribution in [1.82, 2.24) is 5.32 Å². The molecule has 2 atom stereocenters. The van der Waals surface area contributed by atoms with E-state index in [1.165, 1.54) is 25.7 Å². The van der Waals surface area contributed by atoms with Crippen LogP contribution >= 0.6 is 0 Å². The Balaban J connectivity index is 0. The van der Waals surface area contributed by atoms with Gasteiger partial charge in [-0.1, -0.05) is 26.7 Å². The second kappa shape index (κ2) is 14.8. The SMILES string of the molecule is CC.CC(C(=O)O)[NH+](CCNC(=O)OC(C)(C)C)CC1CCCC1.[Cs+]. The summed E-state index contributed by atoms with van der Waals surface area (Å²) in [6.07, 6.45) is 4.42. The van der Waals surface area contributed by atoms with Crippen LogP contribution in [0.15, 0.2) is 0 Å². The molecule has 0 heterocycles. The minimum absolute atomic E-state index is 0. The van der Waals surface area contributed by atoms with Gasteiger partial charge in [-0.2, -0.15) is 0 Å². The van der Waals surface area contributed by atoms with Gasteiger partial charge < -0.3 is 20.1 Å². The van der Waals surface area contributed by atoms with Crippen molar-refractivity contribution in [3.05, 3.63) is 0 Å². The number of amides is 1.